The van der Waals surface area contributed by atoms with E-state index in [2.05, 4.69) is 5.32 Å². The van der Waals surface area contributed by atoms with Crippen molar-refractivity contribution in [2.45, 2.75) is 25.9 Å². The van der Waals surface area contributed by atoms with Gasteiger partial charge in [0, 0.05) is 0 Å². The van der Waals surface area contributed by atoms with E-state index in [-0.39, 0.29) is 12.6 Å². The Morgan fingerprint density at radius 3 is 2.70 bits per heavy atom. The summed E-state index contributed by atoms with van der Waals surface area (Å²) in [5.41, 5.74) is 6.37. The van der Waals surface area contributed by atoms with Crippen molar-refractivity contribution in [3.63, 3.8) is 0 Å². The van der Waals surface area contributed by atoms with Crippen molar-refractivity contribution in [2.75, 3.05) is 13.7 Å². The van der Waals surface area contributed by atoms with Crippen LogP contribution in [0.2, 0.25) is 0 Å². The van der Waals surface area contributed by atoms with Crippen molar-refractivity contribution in [1.29, 1.82) is 0 Å². The zero-order valence-corrected chi connectivity index (χ0v) is 11.9. The first-order valence-electron chi connectivity index (χ1n) is 6.36. The summed E-state index contributed by atoms with van der Waals surface area (Å²) in [7, 11) is 1.57. The molecule has 0 fully saturated rings. The van der Waals surface area contributed by atoms with Crippen LogP contribution >= 0.6 is 0 Å². The molecule has 1 rings (SSSR count). The van der Waals surface area contributed by atoms with Gasteiger partial charge in [0.05, 0.1) is 19.8 Å². The van der Waals surface area contributed by atoms with Crippen LogP contribution in [0.3, 0.4) is 0 Å². The molecule has 0 radical (unpaired) electrons. The quantitative estimate of drug-likeness (QED) is 0.593. The van der Waals surface area contributed by atoms with Gasteiger partial charge in [-0.05, 0) is 31.5 Å². The Morgan fingerprint density at radius 1 is 1.40 bits per heavy atom. The lowest BCUT2D eigenvalue weighted by Crippen LogP contribution is -2.47. The van der Waals surface area contributed by atoms with E-state index < -0.39 is 17.9 Å². The molecule has 2 atom stereocenters. The number of nitrogens with two attached hydrogens (primary N) is 1. The van der Waals surface area contributed by atoms with Crippen molar-refractivity contribution in [1.82, 2.24) is 5.32 Å². The van der Waals surface area contributed by atoms with Crippen molar-refractivity contribution in [3.8, 4) is 5.75 Å². The molecule has 0 aliphatic rings. The summed E-state index contributed by atoms with van der Waals surface area (Å²) in [6.07, 6.45) is 0. The fourth-order valence-corrected chi connectivity index (χ4v) is 1.64. The summed E-state index contributed by atoms with van der Waals surface area (Å²) >= 11 is 0. The Kier molecular flexibility index (Phi) is 5.99. The normalized spacial score (nSPS) is 13.2. The fraction of sp³-hybridized carbons (Fsp3) is 0.429. The Balaban J connectivity index is 2.67. The van der Waals surface area contributed by atoms with E-state index in [9.17, 15) is 9.59 Å². The number of nitrogens with one attached hydrogen (secondary N) is 1. The second-order valence-electron chi connectivity index (χ2n) is 4.24. The number of hydrogen-bond donors (Lipinski definition) is 2. The van der Waals surface area contributed by atoms with E-state index in [0.717, 1.165) is 5.56 Å². The molecule has 0 saturated carbocycles. The van der Waals surface area contributed by atoms with Crippen LogP contribution in [0.15, 0.2) is 24.3 Å². The van der Waals surface area contributed by atoms with Crippen LogP contribution < -0.4 is 15.8 Å². The Bertz CT molecular complexity index is 476. The molecule has 0 spiro atoms. The van der Waals surface area contributed by atoms with Gasteiger partial charge in [-0.15, -0.1) is 0 Å². The number of amides is 1. The highest BCUT2D eigenvalue weighted by molar-refractivity contribution is 6.01. The third-order valence-electron chi connectivity index (χ3n) is 2.78. The molecular formula is C14H20N2O4. The van der Waals surface area contributed by atoms with Crippen LogP contribution in [0, 0.1) is 0 Å². The van der Waals surface area contributed by atoms with Gasteiger partial charge in [-0.3, -0.25) is 4.79 Å². The summed E-state index contributed by atoms with van der Waals surface area (Å²) in [5.74, 6) is -0.611. The monoisotopic (exact) mass is 280 g/mol. The van der Waals surface area contributed by atoms with Gasteiger partial charge in [-0.25, -0.2) is 4.79 Å². The third kappa shape index (κ3) is 4.24. The van der Waals surface area contributed by atoms with Gasteiger partial charge in [0.1, 0.15) is 5.75 Å². The third-order valence-corrected chi connectivity index (χ3v) is 2.78. The number of methoxy groups -OCH3 is 1. The van der Waals surface area contributed by atoms with Gasteiger partial charge in [0.25, 0.3) is 0 Å². The highest BCUT2D eigenvalue weighted by Crippen LogP contribution is 2.18. The van der Waals surface area contributed by atoms with Crippen LogP contribution in [0.5, 0.6) is 5.75 Å². The molecule has 6 heteroatoms. The van der Waals surface area contributed by atoms with Crippen LogP contribution in [0.1, 0.15) is 25.5 Å². The predicted octanol–water partition coefficient (Wildman–Crippen LogP) is 0.763. The largest absolute Gasteiger partial charge is 0.497 e. The van der Waals surface area contributed by atoms with Crippen LogP contribution in [0.25, 0.3) is 0 Å². The molecule has 110 valence electrons. The van der Waals surface area contributed by atoms with Gasteiger partial charge >= 0.3 is 5.97 Å². The van der Waals surface area contributed by atoms with Gasteiger partial charge in [0.2, 0.25) is 5.91 Å². The maximum absolute atomic E-state index is 11.8. The molecule has 20 heavy (non-hydrogen) atoms. The first kappa shape index (κ1) is 16.0. The lowest BCUT2D eigenvalue weighted by Gasteiger charge is -2.17. The van der Waals surface area contributed by atoms with E-state index in [1.54, 1.807) is 27.0 Å². The number of benzene rings is 1. The topological polar surface area (TPSA) is 90.7 Å². The molecule has 0 heterocycles. The molecule has 6 nitrogen and oxygen atoms in total. The summed E-state index contributed by atoms with van der Waals surface area (Å²) in [5, 5.41) is 2.67. The number of carbonyl (C=O) groups excluding carboxylic acids is 2. The average molecular weight is 280 g/mol. The second-order valence-corrected chi connectivity index (χ2v) is 4.24. The van der Waals surface area contributed by atoms with E-state index in [4.69, 9.17) is 15.2 Å². The minimum atomic E-state index is -1.32. The molecule has 1 amide bonds. The van der Waals surface area contributed by atoms with E-state index in [1.165, 1.54) is 0 Å². The van der Waals surface area contributed by atoms with Crippen molar-refractivity contribution >= 4 is 11.9 Å². The SMILES string of the molecule is CCOC(=O)C(N)C(=O)NC(C)c1cccc(OC)c1. The Morgan fingerprint density at radius 2 is 2.10 bits per heavy atom. The molecule has 2 unspecified atom stereocenters. The van der Waals surface area contributed by atoms with Gasteiger partial charge in [0.15, 0.2) is 6.04 Å². The maximum atomic E-state index is 11.8. The smallest absolute Gasteiger partial charge is 0.332 e. The van der Waals surface area contributed by atoms with Gasteiger partial charge in [-0.1, -0.05) is 12.1 Å². The van der Waals surface area contributed by atoms with Crippen molar-refractivity contribution in [3.05, 3.63) is 29.8 Å². The molecular weight excluding hydrogens is 260 g/mol. The van der Waals surface area contributed by atoms with Crippen molar-refractivity contribution in [2.24, 2.45) is 5.73 Å². The van der Waals surface area contributed by atoms with Crippen LogP contribution in [0.4, 0.5) is 0 Å². The predicted molar refractivity (Wildman–Crippen MR) is 74.2 cm³/mol. The van der Waals surface area contributed by atoms with Gasteiger partial charge < -0.3 is 20.5 Å². The van der Waals surface area contributed by atoms with Crippen molar-refractivity contribution < 1.29 is 19.1 Å². The number of hydrogen-bond acceptors (Lipinski definition) is 5. The summed E-state index contributed by atoms with van der Waals surface area (Å²) in [6.45, 7) is 3.64. The maximum Gasteiger partial charge on any atom is 0.332 e. The standard InChI is InChI=1S/C14H20N2O4/c1-4-20-14(18)12(15)13(17)16-9(2)10-6-5-7-11(8-10)19-3/h5-9,12H,4,15H2,1-3H3,(H,16,17). The number of esters is 1. The van der Waals surface area contributed by atoms with Crippen LogP contribution in [-0.2, 0) is 14.3 Å². The summed E-state index contributed by atoms with van der Waals surface area (Å²) in [4.78, 5) is 23.2. The highest BCUT2D eigenvalue weighted by atomic mass is 16.5. The Hall–Kier alpha value is -2.08. The molecule has 1 aromatic carbocycles. The first-order valence-corrected chi connectivity index (χ1v) is 6.36. The summed E-state index contributed by atoms with van der Waals surface area (Å²) < 4.78 is 9.82. The zero-order valence-electron chi connectivity index (χ0n) is 11.9. The second kappa shape index (κ2) is 7.49. The molecule has 1 aromatic rings. The van der Waals surface area contributed by atoms with Crippen LogP contribution in [-0.4, -0.2) is 31.6 Å². The molecule has 0 aromatic heterocycles. The molecule has 3 N–H and O–H groups in total. The van der Waals surface area contributed by atoms with E-state index >= 15 is 0 Å². The van der Waals surface area contributed by atoms with E-state index in [0.29, 0.717) is 5.75 Å². The number of carbonyl (C=O) groups is 2. The molecule has 0 bridgehead atoms. The Labute approximate surface area is 118 Å². The molecule has 0 aliphatic carbocycles. The highest BCUT2D eigenvalue weighted by Gasteiger charge is 2.24. The lowest BCUT2D eigenvalue weighted by atomic mass is 10.1. The summed E-state index contributed by atoms with van der Waals surface area (Å²) in [6, 6.07) is 5.68. The molecule has 0 aliphatic heterocycles. The minimum absolute atomic E-state index is 0.186. The number of ether oxygens (including phenoxy) is 2. The lowest BCUT2D eigenvalue weighted by molar-refractivity contribution is -0.148. The zero-order chi connectivity index (χ0) is 15.1. The fourth-order valence-electron chi connectivity index (χ4n) is 1.64. The first-order chi connectivity index (χ1) is 9.49. The number of rotatable bonds is 6. The average Bonchev–Trinajstić information content (AvgIpc) is 2.46. The van der Waals surface area contributed by atoms with Gasteiger partial charge in [-0.2, -0.15) is 0 Å². The minimum Gasteiger partial charge on any atom is -0.497 e. The molecule has 0 saturated heterocycles. The van der Waals surface area contributed by atoms with E-state index in [1.807, 2.05) is 18.2 Å².